The van der Waals surface area contributed by atoms with Gasteiger partial charge in [-0.3, -0.25) is 9.69 Å². The van der Waals surface area contributed by atoms with Crippen molar-refractivity contribution in [2.24, 2.45) is 0 Å². The Labute approximate surface area is 277 Å². The molecular formula is C33H31F3N8O3S. The molecule has 5 heterocycles. The van der Waals surface area contributed by atoms with Crippen LogP contribution in [0.4, 0.5) is 13.2 Å². The minimum Gasteiger partial charge on any atom is -0.497 e. The van der Waals surface area contributed by atoms with E-state index < -0.39 is 30.5 Å². The van der Waals surface area contributed by atoms with Crippen molar-refractivity contribution >= 4 is 39.2 Å². The lowest BCUT2D eigenvalue weighted by atomic mass is 10.1. The summed E-state index contributed by atoms with van der Waals surface area (Å²) >= 11 is 1.55. The van der Waals surface area contributed by atoms with E-state index in [1.165, 1.54) is 25.3 Å². The van der Waals surface area contributed by atoms with Gasteiger partial charge in [0.25, 0.3) is 0 Å². The topological polar surface area (TPSA) is 114 Å². The third-order valence-electron chi connectivity index (χ3n) is 8.50. The molecule has 11 nitrogen and oxygen atoms in total. The molecule has 0 saturated carbocycles. The number of pyridine rings is 1. The molecule has 1 atom stereocenters. The Morgan fingerprint density at radius 2 is 1.88 bits per heavy atom. The summed E-state index contributed by atoms with van der Waals surface area (Å²) in [4.78, 5) is 39.0. The third kappa shape index (κ3) is 6.18. The zero-order chi connectivity index (χ0) is 33.4. The number of imidazole rings is 2. The average Bonchev–Trinajstić information content (AvgIpc) is 3.83. The van der Waals surface area contributed by atoms with Crippen LogP contribution in [0.2, 0.25) is 0 Å². The van der Waals surface area contributed by atoms with Gasteiger partial charge in [0.05, 0.1) is 60.8 Å². The standard InChI is InChI=1S/C33H31F3N8O3S/c1-46-21-7-8-24-27(16-21)44(32(41-24)33(34,35)36)19-29(45)43-13-12-42(18-28-37-10-14-48-28)11-9-26(43)30-38-17-25(39-30)22-15-20-5-3-4-6-23(20)40-31(22)47-2/h3-8,10,14-17,26H,9,11-13,18-19H2,1-2H3,(H,38,39). The molecule has 0 bridgehead atoms. The fourth-order valence-corrected chi connectivity index (χ4v) is 6.82. The molecule has 0 spiro atoms. The number of halogens is 3. The Morgan fingerprint density at radius 3 is 2.65 bits per heavy atom. The quantitative estimate of drug-likeness (QED) is 0.211. The van der Waals surface area contributed by atoms with Crippen LogP contribution in [0.1, 0.15) is 29.1 Å². The number of methoxy groups -OCH3 is 2. The number of alkyl halides is 3. The van der Waals surface area contributed by atoms with E-state index in [1.54, 1.807) is 35.7 Å². The van der Waals surface area contributed by atoms with E-state index in [-0.39, 0.29) is 17.6 Å². The second-order valence-corrected chi connectivity index (χ2v) is 12.4. The lowest BCUT2D eigenvalue weighted by molar-refractivity contribution is -0.148. The summed E-state index contributed by atoms with van der Waals surface area (Å²) in [6.07, 6.45) is -0.874. The molecule has 1 fully saturated rings. The highest BCUT2D eigenvalue weighted by molar-refractivity contribution is 7.09. The largest absolute Gasteiger partial charge is 0.497 e. The molecule has 0 aliphatic carbocycles. The average molecular weight is 677 g/mol. The minimum absolute atomic E-state index is 0.117. The SMILES string of the molecule is COc1ccc2nc(C(F)(F)F)n(CC(=O)N3CCN(Cc4nccs4)CCC3c3ncc(-c4cc5ccccc5nc4OC)[nH]3)c2c1. The van der Waals surface area contributed by atoms with Gasteiger partial charge in [0.2, 0.25) is 17.6 Å². The number of rotatable bonds is 8. The molecule has 7 rings (SSSR count). The number of hydrogen-bond donors (Lipinski definition) is 1. The number of H-pyrrole nitrogens is 1. The van der Waals surface area contributed by atoms with Crippen molar-refractivity contribution in [2.75, 3.05) is 33.9 Å². The number of nitrogens with zero attached hydrogens (tertiary/aromatic N) is 7. The van der Waals surface area contributed by atoms with Gasteiger partial charge >= 0.3 is 6.18 Å². The number of carbonyl (C=O) groups is 1. The van der Waals surface area contributed by atoms with Crippen molar-refractivity contribution in [2.45, 2.75) is 31.7 Å². The number of aromatic amines is 1. The second-order valence-electron chi connectivity index (χ2n) is 11.4. The first kappa shape index (κ1) is 31.6. The molecule has 15 heteroatoms. The summed E-state index contributed by atoms with van der Waals surface area (Å²) in [5, 5.41) is 3.77. The molecule has 1 aliphatic heterocycles. The maximum absolute atomic E-state index is 14.2. The van der Waals surface area contributed by atoms with Gasteiger partial charge < -0.3 is 23.9 Å². The number of ether oxygens (including phenoxy) is 2. The maximum Gasteiger partial charge on any atom is 0.449 e. The second kappa shape index (κ2) is 12.9. The van der Waals surface area contributed by atoms with Crippen LogP contribution in [0, 0.1) is 0 Å². The van der Waals surface area contributed by atoms with Gasteiger partial charge in [-0.05, 0) is 30.7 Å². The molecule has 6 aromatic rings. The van der Waals surface area contributed by atoms with Crippen molar-refractivity contribution < 1.29 is 27.4 Å². The molecule has 48 heavy (non-hydrogen) atoms. The van der Waals surface area contributed by atoms with E-state index in [4.69, 9.17) is 14.5 Å². The van der Waals surface area contributed by atoms with Crippen LogP contribution in [0.25, 0.3) is 33.2 Å². The van der Waals surface area contributed by atoms with E-state index in [9.17, 15) is 18.0 Å². The van der Waals surface area contributed by atoms with E-state index in [2.05, 4.69) is 24.8 Å². The van der Waals surface area contributed by atoms with Crippen molar-refractivity contribution in [3.63, 3.8) is 0 Å². The number of aromatic nitrogens is 6. The van der Waals surface area contributed by atoms with Gasteiger partial charge in [-0.25, -0.2) is 19.9 Å². The van der Waals surface area contributed by atoms with Crippen LogP contribution >= 0.6 is 11.3 Å². The van der Waals surface area contributed by atoms with Gasteiger partial charge in [-0.15, -0.1) is 11.3 Å². The molecule has 248 valence electrons. The van der Waals surface area contributed by atoms with Crippen LogP contribution < -0.4 is 9.47 Å². The first-order valence-corrected chi connectivity index (χ1v) is 16.1. The van der Waals surface area contributed by atoms with Crippen LogP contribution in [0.15, 0.2) is 66.3 Å². The zero-order valence-corrected chi connectivity index (χ0v) is 26.9. The molecule has 1 aliphatic rings. The van der Waals surface area contributed by atoms with E-state index in [1.807, 2.05) is 35.7 Å². The lowest BCUT2D eigenvalue weighted by Crippen LogP contribution is -2.39. The van der Waals surface area contributed by atoms with Crippen molar-refractivity contribution in [3.8, 4) is 22.9 Å². The van der Waals surface area contributed by atoms with Crippen LogP contribution in [0.5, 0.6) is 11.6 Å². The molecule has 4 aromatic heterocycles. The van der Waals surface area contributed by atoms with Gasteiger partial charge in [-0.1, -0.05) is 18.2 Å². The van der Waals surface area contributed by atoms with E-state index >= 15 is 0 Å². The normalized spacial score (nSPS) is 16.0. The van der Waals surface area contributed by atoms with Crippen LogP contribution in [-0.4, -0.2) is 79.0 Å². The zero-order valence-electron chi connectivity index (χ0n) is 26.1. The summed E-state index contributed by atoms with van der Waals surface area (Å²) in [5.41, 5.74) is 2.39. The van der Waals surface area contributed by atoms with Gasteiger partial charge in [0.1, 0.15) is 23.1 Å². The number of amides is 1. The summed E-state index contributed by atoms with van der Waals surface area (Å²) in [6.45, 7) is 1.41. The predicted octanol–water partition coefficient (Wildman–Crippen LogP) is 5.94. The van der Waals surface area contributed by atoms with Crippen molar-refractivity contribution in [3.05, 3.63) is 83.0 Å². The van der Waals surface area contributed by atoms with Gasteiger partial charge in [-0.2, -0.15) is 13.2 Å². The first-order chi connectivity index (χ1) is 23.2. The highest BCUT2D eigenvalue weighted by Crippen LogP contribution is 2.35. The Kier molecular flexibility index (Phi) is 8.47. The summed E-state index contributed by atoms with van der Waals surface area (Å²) in [7, 11) is 2.98. The number of fused-ring (bicyclic) bond motifs is 2. The highest BCUT2D eigenvalue weighted by Gasteiger charge is 2.39. The summed E-state index contributed by atoms with van der Waals surface area (Å²) in [5.74, 6) is -0.358. The van der Waals surface area contributed by atoms with Gasteiger partial charge in [0.15, 0.2) is 0 Å². The molecule has 1 unspecified atom stereocenters. The van der Waals surface area contributed by atoms with Crippen LogP contribution in [0.3, 0.4) is 0 Å². The summed E-state index contributed by atoms with van der Waals surface area (Å²) < 4.78 is 54.5. The number of thiazole rings is 1. The monoisotopic (exact) mass is 676 g/mol. The Morgan fingerprint density at radius 1 is 1.02 bits per heavy atom. The van der Waals surface area contributed by atoms with Gasteiger partial charge in [0, 0.05) is 42.7 Å². The molecule has 0 radical (unpaired) electrons. The molecule has 2 aromatic carbocycles. The lowest BCUT2D eigenvalue weighted by Gasteiger charge is -2.29. The highest BCUT2D eigenvalue weighted by atomic mass is 32.1. The number of para-hydroxylation sites is 1. The molecule has 1 N–H and O–H groups in total. The summed E-state index contributed by atoms with van der Waals surface area (Å²) in [6, 6.07) is 13.5. The Hall–Kier alpha value is -5.02. The molecule has 1 amide bonds. The minimum atomic E-state index is -4.78. The van der Waals surface area contributed by atoms with E-state index in [0.717, 1.165) is 20.5 Å². The Balaban J connectivity index is 1.25. The van der Waals surface area contributed by atoms with Crippen molar-refractivity contribution in [1.29, 1.82) is 0 Å². The predicted molar refractivity (Wildman–Crippen MR) is 174 cm³/mol. The van der Waals surface area contributed by atoms with Crippen LogP contribution in [-0.2, 0) is 24.1 Å². The number of benzene rings is 2. The molecular weight excluding hydrogens is 645 g/mol. The van der Waals surface area contributed by atoms with E-state index in [0.29, 0.717) is 54.8 Å². The number of hydrogen-bond acceptors (Lipinski definition) is 9. The fraction of sp³-hybridized carbons (Fsp3) is 0.303. The Bertz CT molecular complexity index is 2080. The first-order valence-electron chi connectivity index (χ1n) is 15.2. The number of carbonyl (C=O) groups excluding carboxylic acids is 1. The smallest absolute Gasteiger partial charge is 0.449 e. The number of nitrogens with one attached hydrogen (secondary N) is 1. The maximum atomic E-state index is 14.2. The fourth-order valence-electron chi connectivity index (χ4n) is 6.16. The molecule has 1 saturated heterocycles. The van der Waals surface area contributed by atoms with Crippen molar-refractivity contribution in [1.82, 2.24) is 39.3 Å². The third-order valence-corrected chi connectivity index (χ3v) is 9.27.